The van der Waals surface area contributed by atoms with Gasteiger partial charge in [0.2, 0.25) is 0 Å². The molecular weight excluding hydrogens is 462 g/mol. The molecule has 1 aromatic carbocycles. The van der Waals surface area contributed by atoms with E-state index in [2.05, 4.69) is 50.0 Å². The van der Waals surface area contributed by atoms with Gasteiger partial charge in [-0.2, -0.15) is 0 Å². The maximum absolute atomic E-state index is 6.55. The fourth-order valence-electron chi connectivity index (χ4n) is 1.70. The molecule has 0 aliphatic heterocycles. The van der Waals surface area contributed by atoms with E-state index < -0.39 is 0 Å². The summed E-state index contributed by atoms with van der Waals surface area (Å²) in [6.45, 7) is 0. The predicted molar refractivity (Wildman–Crippen MR) is 92.0 cm³/mol. The molecule has 2 aromatic rings. The molecule has 19 heavy (non-hydrogen) atoms. The number of alkyl halides is 1. The van der Waals surface area contributed by atoms with E-state index in [0.717, 1.165) is 15.6 Å². The minimum atomic E-state index is -0.214. The van der Waals surface area contributed by atoms with Gasteiger partial charge in [0.25, 0.3) is 0 Å². The van der Waals surface area contributed by atoms with Gasteiger partial charge in [-0.25, -0.2) is 0 Å². The average molecular weight is 474 g/mol. The molecule has 102 valence electrons. The van der Waals surface area contributed by atoms with Crippen molar-refractivity contribution in [2.45, 2.75) is 5.38 Å². The van der Waals surface area contributed by atoms with Crippen LogP contribution < -0.4 is 9.47 Å². The van der Waals surface area contributed by atoms with Gasteiger partial charge in [-0.05, 0) is 57.3 Å². The molecule has 0 aliphatic rings. The molecule has 2 rings (SSSR count). The van der Waals surface area contributed by atoms with Crippen LogP contribution in [-0.4, -0.2) is 14.2 Å². The lowest BCUT2D eigenvalue weighted by Crippen LogP contribution is -1.97. The SMILES string of the molecule is COc1cc(Br)c(C(Cl)c2csc(I)c2)cc1OC. The predicted octanol–water partition coefficient (Wildman–Crippen LogP) is 5.46. The highest BCUT2D eigenvalue weighted by molar-refractivity contribution is 14.1. The largest absolute Gasteiger partial charge is 0.493 e. The number of rotatable bonds is 4. The Hall–Kier alpha value is 0.0200. The third-order valence-corrected chi connectivity index (χ3v) is 5.64. The van der Waals surface area contributed by atoms with Crippen molar-refractivity contribution in [3.63, 3.8) is 0 Å². The zero-order valence-corrected chi connectivity index (χ0v) is 15.6. The summed E-state index contributed by atoms with van der Waals surface area (Å²) in [4.78, 5) is 0. The van der Waals surface area contributed by atoms with Gasteiger partial charge in [-0.15, -0.1) is 22.9 Å². The first kappa shape index (κ1) is 15.4. The maximum atomic E-state index is 6.55. The standard InChI is InChI=1S/C13H11BrClIO2S/c1-17-10-4-8(9(14)5-11(10)18-2)13(15)7-3-12(16)19-6-7/h3-6,13H,1-2H3. The Morgan fingerprint density at radius 2 is 1.84 bits per heavy atom. The number of hydrogen-bond acceptors (Lipinski definition) is 3. The van der Waals surface area contributed by atoms with Crippen LogP contribution in [0.4, 0.5) is 0 Å². The third kappa shape index (κ3) is 3.37. The zero-order chi connectivity index (χ0) is 14.0. The van der Waals surface area contributed by atoms with E-state index in [1.807, 2.05) is 12.1 Å². The highest BCUT2D eigenvalue weighted by Gasteiger charge is 2.18. The molecule has 0 fully saturated rings. The molecule has 0 spiro atoms. The number of thiophene rings is 1. The van der Waals surface area contributed by atoms with Gasteiger partial charge >= 0.3 is 0 Å². The Labute approximate surface area is 143 Å². The second-order valence-electron chi connectivity index (χ2n) is 3.78. The van der Waals surface area contributed by atoms with Crippen LogP contribution in [-0.2, 0) is 0 Å². The quantitative estimate of drug-likeness (QED) is 0.434. The fraction of sp³-hybridized carbons (Fsp3) is 0.231. The lowest BCUT2D eigenvalue weighted by Gasteiger charge is -2.15. The van der Waals surface area contributed by atoms with Crippen LogP contribution in [0.15, 0.2) is 28.1 Å². The molecule has 1 atom stereocenters. The van der Waals surface area contributed by atoms with E-state index in [1.165, 1.54) is 2.88 Å². The monoisotopic (exact) mass is 472 g/mol. The smallest absolute Gasteiger partial charge is 0.161 e. The summed E-state index contributed by atoms with van der Waals surface area (Å²) in [6, 6.07) is 5.87. The molecule has 0 saturated heterocycles. The number of methoxy groups -OCH3 is 2. The highest BCUT2D eigenvalue weighted by atomic mass is 127. The first-order valence-corrected chi connectivity index (χ1v) is 8.55. The van der Waals surface area contributed by atoms with Crippen LogP contribution >= 0.6 is 61.5 Å². The van der Waals surface area contributed by atoms with Gasteiger partial charge in [0, 0.05) is 4.47 Å². The van der Waals surface area contributed by atoms with E-state index in [9.17, 15) is 0 Å². The van der Waals surface area contributed by atoms with Gasteiger partial charge in [0.1, 0.15) is 0 Å². The summed E-state index contributed by atoms with van der Waals surface area (Å²) in [5, 5.41) is 1.86. The van der Waals surface area contributed by atoms with Gasteiger partial charge in [0.05, 0.1) is 22.5 Å². The van der Waals surface area contributed by atoms with Crippen molar-refractivity contribution in [1.29, 1.82) is 0 Å². The number of ether oxygens (including phenoxy) is 2. The minimum absolute atomic E-state index is 0.214. The molecular formula is C13H11BrClIO2S. The summed E-state index contributed by atoms with van der Waals surface area (Å²) in [6.07, 6.45) is 0. The Morgan fingerprint density at radius 1 is 1.21 bits per heavy atom. The van der Waals surface area contributed by atoms with Crippen LogP contribution in [0, 0.1) is 2.88 Å². The molecule has 1 aromatic heterocycles. The first-order valence-electron chi connectivity index (χ1n) is 5.36. The van der Waals surface area contributed by atoms with Crippen LogP contribution in [0.5, 0.6) is 11.5 Å². The second-order valence-corrected chi connectivity index (χ2v) is 7.87. The Bertz CT molecular complexity index is 588. The van der Waals surface area contributed by atoms with E-state index in [1.54, 1.807) is 25.6 Å². The van der Waals surface area contributed by atoms with Gasteiger partial charge in [-0.3, -0.25) is 0 Å². The Balaban J connectivity index is 2.44. The topological polar surface area (TPSA) is 18.5 Å². The van der Waals surface area contributed by atoms with Crippen molar-refractivity contribution in [2.75, 3.05) is 14.2 Å². The van der Waals surface area contributed by atoms with E-state index >= 15 is 0 Å². The molecule has 1 heterocycles. The summed E-state index contributed by atoms with van der Waals surface area (Å²) in [7, 11) is 3.23. The normalized spacial score (nSPS) is 12.3. The summed E-state index contributed by atoms with van der Waals surface area (Å²) in [5.74, 6) is 1.36. The lowest BCUT2D eigenvalue weighted by molar-refractivity contribution is 0.354. The van der Waals surface area contributed by atoms with Gasteiger partial charge in [0.15, 0.2) is 11.5 Å². The highest BCUT2D eigenvalue weighted by Crippen LogP contribution is 2.41. The summed E-state index contributed by atoms with van der Waals surface area (Å²) < 4.78 is 12.7. The Kier molecular flexibility index (Phi) is 5.39. The molecule has 0 amide bonds. The second kappa shape index (κ2) is 6.65. The van der Waals surface area contributed by atoms with Crippen LogP contribution in [0.25, 0.3) is 0 Å². The Morgan fingerprint density at radius 3 is 2.37 bits per heavy atom. The van der Waals surface area contributed by atoms with Gasteiger partial charge in [-0.1, -0.05) is 15.9 Å². The van der Waals surface area contributed by atoms with E-state index in [0.29, 0.717) is 11.5 Å². The number of hydrogen-bond donors (Lipinski definition) is 0. The molecule has 2 nitrogen and oxygen atoms in total. The molecule has 0 aliphatic carbocycles. The fourth-order valence-corrected chi connectivity index (χ4v) is 4.16. The van der Waals surface area contributed by atoms with Crippen molar-refractivity contribution in [2.24, 2.45) is 0 Å². The van der Waals surface area contributed by atoms with Crippen molar-refractivity contribution < 1.29 is 9.47 Å². The van der Waals surface area contributed by atoms with Crippen LogP contribution in [0.2, 0.25) is 0 Å². The number of benzene rings is 1. The van der Waals surface area contributed by atoms with Crippen molar-refractivity contribution in [1.82, 2.24) is 0 Å². The molecule has 0 bridgehead atoms. The summed E-state index contributed by atoms with van der Waals surface area (Å²) >= 11 is 14.1. The van der Waals surface area contributed by atoms with E-state index in [-0.39, 0.29) is 5.38 Å². The third-order valence-electron chi connectivity index (χ3n) is 2.66. The van der Waals surface area contributed by atoms with Crippen molar-refractivity contribution >= 4 is 61.5 Å². The minimum Gasteiger partial charge on any atom is -0.493 e. The molecule has 0 radical (unpaired) electrons. The van der Waals surface area contributed by atoms with E-state index in [4.69, 9.17) is 21.1 Å². The number of halogens is 3. The van der Waals surface area contributed by atoms with Crippen LogP contribution in [0.3, 0.4) is 0 Å². The molecule has 6 heteroatoms. The lowest BCUT2D eigenvalue weighted by atomic mass is 10.1. The zero-order valence-electron chi connectivity index (χ0n) is 10.2. The molecule has 0 saturated carbocycles. The summed E-state index contributed by atoms with van der Waals surface area (Å²) in [5.41, 5.74) is 2.05. The van der Waals surface area contributed by atoms with Crippen molar-refractivity contribution in [3.05, 3.63) is 42.1 Å². The van der Waals surface area contributed by atoms with Crippen LogP contribution in [0.1, 0.15) is 16.5 Å². The molecule has 1 unspecified atom stereocenters. The van der Waals surface area contributed by atoms with Crippen molar-refractivity contribution in [3.8, 4) is 11.5 Å². The van der Waals surface area contributed by atoms with Gasteiger partial charge < -0.3 is 9.47 Å². The average Bonchev–Trinajstić information content (AvgIpc) is 2.84. The first-order chi connectivity index (χ1) is 9.06. The molecule has 0 N–H and O–H groups in total. The maximum Gasteiger partial charge on any atom is 0.161 e.